The van der Waals surface area contributed by atoms with E-state index in [1.165, 1.54) is 24.1 Å². The SMILES string of the molecule is O=C(c1cnc(Nc2ccccc2F)nc1)N1CCN(c2ccccc2)CC1. The molecular weight excluding hydrogens is 357 g/mol. The van der Waals surface area contributed by atoms with Gasteiger partial charge in [-0.25, -0.2) is 14.4 Å². The molecule has 1 aliphatic rings. The van der Waals surface area contributed by atoms with Crippen LogP contribution in [-0.2, 0) is 0 Å². The van der Waals surface area contributed by atoms with Gasteiger partial charge in [0.1, 0.15) is 5.82 Å². The van der Waals surface area contributed by atoms with E-state index < -0.39 is 0 Å². The quantitative estimate of drug-likeness (QED) is 0.756. The first kappa shape index (κ1) is 17.9. The Bertz CT molecular complexity index is 941. The molecule has 2 aromatic carbocycles. The molecule has 1 saturated heterocycles. The summed E-state index contributed by atoms with van der Waals surface area (Å²) in [4.78, 5) is 25.1. The summed E-state index contributed by atoms with van der Waals surface area (Å²) in [5, 5.41) is 2.81. The summed E-state index contributed by atoms with van der Waals surface area (Å²) in [6.45, 7) is 2.85. The molecule has 0 saturated carbocycles. The van der Waals surface area contributed by atoms with Crippen LogP contribution in [0.25, 0.3) is 0 Å². The van der Waals surface area contributed by atoms with Gasteiger partial charge in [-0.3, -0.25) is 4.79 Å². The Kier molecular flexibility index (Phi) is 5.14. The maximum Gasteiger partial charge on any atom is 0.257 e. The molecule has 4 rings (SSSR count). The summed E-state index contributed by atoms with van der Waals surface area (Å²) >= 11 is 0. The van der Waals surface area contributed by atoms with Gasteiger partial charge in [-0.2, -0.15) is 0 Å². The zero-order valence-electron chi connectivity index (χ0n) is 15.3. The van der Waals surface area contributed by atoms with Gasteiger partial charge in [0.2, 0.25) is 5.95 Å². The summed E-state index contributed by atoms with van der Waals surface area (Å²) in [6.07, 6.45) is 2.95. The van der Waals surface area contributed by atoms with E-state index in [-0.39, 0.29) is 17.7 Å². The maximum atomic E-state index is 13.7. The number of carbonyl (C=O) groups excluding carboxylic acids is 1. The van der Waals surface area contributed by atoms with Gasteiger partial charge in [0.15, 0.2) is 0 Å². The van der Waals surface area contributed by atoms with Crippen LogP contribution >= 0.6 is 0 Å². The fourth-order valence-corrected chi connectivity index (χ4v) is 3.18. The number of halogens is 1. The van der Waals surface area contributed by atoms with Crippen molar-refractivity contribution in [1.82, 2.24) is 14.9 Å². The van der Waals surface area contributed by atoms with Crippen LogP contribution in [-0.4, -0.2) is 47.0 Å². The Balaban J connectivity index is 1.37. The molecule has 1 amide bonds. The number of nitrogens with one attached hydrogen (secondary N) is 1. The predicted molar refractivity (Wildman–Crippen MR) is 106 cm³/mol. The fourth-order valence-electron chi connectivity index (χ4n) is 3.18. The molecule has 0 atom stereocenters. The number of rotatable bonds is 4. The van der Waals surface area contributed by atoms with Crippen molar-refractivity contribution in [2.24, 2.45) is 0 Å². The molecule has 1 fully saturated rings. The van der Waals surface area contributed by atoms with Crippen LogP contribution in [0.1, 0.15) is 10.4 Å². The van der Waals surface area contributed by atoms with E-state index in [9.17, 15) is 9.18 Å². The van der Waals surface area contributed by atoms with Gasteiger partial charge >= 0.3 is 0 Å². The number of anilines is 3. The highest BCUT2D eigenvalue weighted by atomic mass is 19.1. The Labute approximate surface area is 162 Å². The molecule has 142 valence electrons. The third kappa shape index (κ3) is 3.93. The van der Waals surface area contributed by atoms with E-state index in [0.29, 0.717) is 24.3 Å². The minimum Gasteiger partial charge on any atom is -0.368 e. The zero-order chi connectivity index (χ0) is 19.3. The van der Waals surface area contributed by atoms with Crippen molar-refractivity contribution in [2.75, 3.05) is 36.4 Å². The van der Waals surface area contributed by atoms with E-state index in [1.54, 1.807) is 18.2 Å². The molecule has 0 bridgehead atoms. The lowest BCUT2D eigenvalue weighted by Crippen LogP contribution is -2.48. The number of hydrogen-bond donors (Lipinski definition) is 1. The van der Waals surface area contributed by atoms with Gasteiger partial charge < -0.3 is 15.1 Å². The molecular formula is C21H20FN5O. The Morgan fingerprint density at radius 2 is 1.54 bits per heavy atom. The minimum atomic E-state index is -0.387. The molecule has 6 nitrogen and oxygen atoms in total. The van der Waals surface area contributed by atoms with Crippen LogP contribution in [0.2, 0.25) is 0 Å². The number of para-hydroxylation sites is 2. The summed E-state index contributed by atoms with van der Waals surface area (Å²) in [7, 11) is 0. The lowest BCUT2D eigenvalue weighted by atomic mass is 10.2. The fraction of sp³-hybridized carbons (Fsp3) is 0.190. The number of carbonyl (C=O) groups is 1. The van der Waals surface area contributed by atoms with Crippen LogP contribution in [0.3, 0.4) is 0 Å². The van der Waals surface area contributed by atoms with Crippen LogP contribution in [0.5, 0.6) is 0 Å². The lowest BCUT2D eigenvalue weighted by molar-refractivity contribution is 0.0746. The molecule has 1 aliphatic heterocycles. The predicted octanol–water partition coefficient (Wildman–Crippen LogP) is 3.32. The average Bonchev–Trinajstić information content (AvgIpc) is 2.76. The largest absolute Gasteiger partial charge is 0.368 e. The highest BCUT2D eigenvalue weighted by Gasteiger charge is 2.22. The van der Waals surface area contributed by atoms with Crippen molar-refractivity contribution in [3.05, 3.63) is 78.4 Å². The van der Waals surface area contributed by atoms with Gasteiger partial charge in [-0.05, 0) is 24.3 Å². The first-order valence-corrected chi connectivity index (χ1v) is 9.13. The highest BCUT2D eigenvalue weighted by Crippen LogP contribution is 2.18. The van der Waals surface area contributed by atoms with E-state index in [4.69, 9.17) is 0 Å². The summed E-state index contributed by atoms with van der Waals surface area (Å²) in [6, 6.07) is 16.5. The summed E-state index contributed by atoms with van der Waals surface area (Å²) in [5.41, 5.74) is 1.88. The molecule has 0 spiro atoms. The normalized spacial score (nSPS) is 14.0. The molecule has 0 unspecified atom stereocenters. The number of nitrogens with zero attached hydrogens (tertiary/aromatic N) is 4. The van der Waals surface area contributed by atoms with E-state index in [0.717, 1.165) is 13.1 Å². The third-order valence-corrected chi connectivity index (χ3v) is 4.71. The van der Waals surface area contributed by atoms with Gasteiger partial charge in [0.05, 0.1) is 11.3 Å². The third-order valence-electron chi connectivity index (χ3n) is 4.71. The second-order valence-corrected chi connectivity index (χ2v) is 6.51. The molecule has 2 heterocycles. The van der Waals surface area contributed by atoms with Crippen LogP contribution in [0.15, 0.2) is 67.0 Å². The van der Waals surface area contributed by atoms with Crippen molar-refractivity contribution in [3.8, 4) is 0 Å². The molecule has 7 heteroatoms. The lowest BCUT2D eigenvalue weighted by Gasteiger charge is -2.36. The first-order chi connectivity index (χ1) is 13.7. The number of benzene rings is 2. The molecule has 1 N–H and O–H groups in total. The van der Waals surface area contributed by atoms with Crippen LogP contribution < -0.4 is 10.2 Å². The van der Waals surface area contributed by atoms with Crippen molar-refractivity contribution in [2.45, 2.75) is 0 Å². The molecule has 0 radical (unpaired) electrons. The number of piperazine rings is 1. The topological polar surface area (TPSA) is 61.4 Å². The standard InChI is InChI=1S/C21H20FN5O/c22-18-8-4-5-9-19(18)25-21-23-14-16(15-24-21)20(28)27-12-10-26(11-13-27)17-6-2-1-3-7-17/h1-9,14-15H,10-13H2,(H,23,24,25). The van der Waals surface area contributed by atoms with Gasteiger partial charge in [0.25, 0.3) is 5.91 Å². The van der Waals surface area contributed by atoms with Crippen LogP contribution in [0, 0.1) is 5.82 Å². The van der Waals surface area contributed by atoms with E-state index in [2.05, 4.69) is 32.3 Å². The van der Waals surface area contributed by atoms with Crippen molar-refractivity contribution in [1.29, 1.82) is 0 Å². The van der Waals surface area contributed by atoms with Gasteiger partial charge in [-0.1, -0.05) is 30.3 Å². The second kappa shape index (κ2) is 8.04. The Morgan fingerprint density at radius 1 is 0.893 bits per heavy atom. The second-order valence-electron chi connectivity index (χ2n) is 6.51. The van der Waals surface area contributed by atoms with Gasteiger partial charge in [0, 0.05) is 44.3 Å². The summed E-state index contributed by atoms with van der Waals surface area (Å²) in [5.74, 6) is -0.233. The van der Waals surface area contributed by atoms with Crippen molar-refractivity contribution in [3.63, 3.8) is 0 Å². The zero-order valence-corrected chi connectivity index (χ0v) is 15.3. The van der Waals surface area contributed by atoms with E-state index in [1.807, 2.05) is 23.1 Å². The Hall–Kier alpha value is -3.48. The molecule has 3 aromatic rings. The number of amides is 1. The molecule has 1 aromatic heterocycles. The first-order valence-electron chi connectivity index (χ1n) is 9.13. The number of hydrogen-bond acceptors (Lipinski definition) is 5. The smallest absolute Gasteiger partial charge is 0.257 e. The van der Waals surface area contributed by atoms with Crippen molar-refractivity contribution < 1.29 is 9.18 Å². The molecule has 28 heavy (non-hydrogen) atoms. The molecule has 0 aliphatic carbocycles. The van der Waals surface area contributed by atoms with Crippen LogP contribution in [0.4, 0.5) is 21.7 Å². The Morgan fingerprint density at radius 3 is 2.21 bits per heavy atom. The minimum absolute atomic E-state index is 0.0925. The highest BCUT2D eigenvalue weighted by molar-refractivity contribution is 5.94. The summed E-state index contributed by atoms with van der Waals surface area (Å²) < 4.78 is 13.7. The van der Waals surface area contributed by atoms with Crippen molar-refractivity contribution >= 4 is 23.2 Å². The van der Waals surface area contributed by atoms with Gasteiger partial charge in [-0.15, -0.1) is 0 Å². The van der Waals surface area contributed by atoms with E-state index >= 15 is 0 Å². The maximum absolute atomic E-state index is 13.7. The monoisotopic (exact) mass is 377 g/mol. The number of aromatic nitrogens is 2. The average molecular weight is 377 g/mol.